The fourth-order valence-electron chi connectivity index (χ4n) is 2.99. The van der Waals surface area contributed by atoms with Crippen molar-refractivity contribution < 1.29 is 13.2 Å². The van der Waals surface area contributed by atoms with Crippen molar-refractivity contribution in [2.24, 2.45) is 17.0 Å². The van der Waals surface area contributed by atoms with Crippen LogP contribution >= 0.6 is 12.4 Å². The first-order chi connectivity index (χ1) is 9.45. The number of rotatable bonds is 2. The molecule has 0 spiro atoms. The molecule has 2 aliphatic rings. The average molecular weight is 332 g/mol. The van der Waals surface area contributed by atoms with Crippen LogP contribution in [0.2, 0.25) is 0 Å². The lowest BCUT2D eigenvalue weighted by molar-refractivity contribution is 0.0781. The van der Waals surface area contributed by atoms with E-state index in [2.05, 4.69) is 5.32 Å². The van der Waals surface area contributed by atoms with Crippen molar-refractivity contribution in [3.63, 3.8) is 0 Å². The van der Waals surface area contributed by atoms with Crippen LogP contribution in [-0.4, -0.2) is 45.4 Å². The highest BCUT2D eigenvalue weighted by Crippen LogP contribution is 2.27. The normalized spacial score (nSPS) is 24.5. The molecule has 2 fully saturated rings. The Bertz CT molecular complexity index is 621. The number of likely N-dealkylation sites (tertiary alicyclic amines) is 1. The second kappa shape index (κ2) is 5.92. The number of nitrogens with two attached hydrogens (primary N) is 1. The standard InChI is InChI=1S/C13H17N3O3S.ClH/c14-20(18,19)12-3-1-9(2-4-12)13(17)16-7-10-5-15-6-11(10)8-16;/h1-4,10-11,15H,5-8H2,(H2,14,18,19);1H/t10-,11+;. The highest BCUT2D eigenvalue weighted by molar-refractivity contribution is 7.89. The monoisotopic (exact) mass is 331 g/mol. The maximum absolute atomic E-state index is 12.4. The molecule has 6 nitrogen and oxygen atoms in total. The van der Waals surface area contributed by atoms with Crippen molar-refractivity contribution in [1.82, 2.24) is 10.2 Å². The van der Waals surface area contributed by atoms with E-state index in [1.54, 1.807) is 0 Å². The minimum atomic E-state index is -3.71. The lowest BCUT2D eigenvalue weighted by atomic mass is 10.0. The number of carbonyl (C=O) groups is 1. The molecule has 2 saturated heterocycles. The number of primary sulfonamides is 1. The highest BCUT2D eigenvalue weighted by Gasteiger charge is 2.38. The van der Waals surface area contributed by atoms with Gasteiger partial charge in [-0.25, -0.2) is 13.6 Å². The van der Waals surface area contributed by atoms with Gasteiger partial charge in [-0.3, -0.25) is 4.79 Å². The minimum absolute atomic E-state index is 0. The summed E-state index contributed by atoms with van der Waals surface area (Å²) in [6.45, 7) is 3.48. The summed E-state index contributed by atoms with van der Waals surface area (Å²) in [6, 6.07) is 5.80. The molecule has 0 aromatic heterocycles. The Morgan fingerprint density at radius 2 is 1.67 bits per heavy atom. The van der Waals surface area contributed by atoms with Gasteiger partial charge in [0, 0.05) is 31.7 Å². The number of benzene rings is 1. The summed E-state index contributed by atoms with van der Waals surface area (Å²) in [6.07, 6.45) is 0. The summed E-state index contributed by atoms with van der Waals surface area (Å²) in [5.41, 5.74) is 0.505. The third kappa shape index (κ3) is 3.21. The van der Waals surface area contributed by atoms with Crippen LogP contribution in [0.5, 0.6) is 0 Å². The molecule has 0 saturated carbocycles. The number of hydrogen-bond donors (Lipinski definition) is 2. The van der Waals surface area contributed by atoms with Crippen LogP contribution in [0.1, 0.15) is 10.4 Å². The topological polar surface area (TPSA) is 92.5 Å². The molecule has 3 rings (SSSR count). The van der Waals surface area contributed by atoms with Crippen LogP contribution in [-0.2, 0) is 10.0 Å². The van der Waals surface area contributed by atoms with Crippen molar-refractivity contribution >= 4 is 28.3 Å². The van der Waals surface area contributed by atoms with Gasteiger partial charge >= 0.3 is 0 Å². The number of hydrogen-bond acceptors (Lipinski definition) is 4. The molecule has 8 heteroatoms. The van der Waals surface area contributed by atoms with E-state index >= 15 is 0 Å². The van der Waals surface area contributed by atoms with Crippen molar-refractivity contribution in [2.75, 3.05) is 26.2 Å². The van der Waals surface area contributed by atoms with E-state index in [1.807, 2.05) is 4.90 Å². The van der Waals surface area contributed by atoms with Gasteiger partial charge in [0.2, 0.25) is 10.0 Å². The van der Waals surface area contributed by atoms with E-state index in [0.717, 1.165) is 26.2 Å². The second-order valence-corrected chi connectivity index (χ2v) is 7.02. The number of sulfonamides is 1. The summed E-state index contributed by atoms with van der Waals surface area (Å²) in [5, 5.41) is 8.37. The molecule has 1 aromatic rings. The molecule has 116 valence electrons. The Balaban J connectivity index is 0.00000161. The van der Waals surface area contributed by atoms with Gasteiger partial charge in [0.15, 0.2) is 0 Å². The van der Waals surface area contributed by atoms with Gasteiger partial charge in [-0.2, -0.15) is 0 Å². The molecule has 2 atom stereocenters. The molecule has 21 heavy (non-hydrogen) atoms. The van der Waals surface area contributed by atoms with E-state index in [4.69, 9.17) is 5.14 Å². The largest absolute Gasteiger partial charge is 0.338 e. The zero-order valence-corrected chi connectivity index (χ0v) is 13.0. The number of amides is 1. The average Bonchev–Trinajstić information content (AvgIpc) is 2.97. The summed E-state index contributed by atoms with van der Waals surface area (Å²) >= 11 is 0. The molecule has 0 aliphatic carbocycles. The van der Waals surface area contributed by atoms with Gasteiger partial charge in [0.25, 0.3) is 5.91 Å². The molecule has 2 aliphatic heterocycles. The highest BCUT2D eigenvalue weighted by atomic mass is 35.5. The Morgan fingerprint density at radius 1 is 1.14 bits per heavy atom. The third-order valence-corrected chi connectivity index (χ3v) is 5.04. The van der Waals surface area contributed by atoms with Gasteiger partial charge in [-0.05, 0) is 36.1 Å². The maximum Gasteiger partial charge on any atom is 0.253 e. The molecule has 0 radical (unpaired) electrons. The lowest BCUT2D eigenvalue weighted by Crippen LogP contribution is -2.31. The van der Waals surface area contributed by atoms with Crippen LogP contribution in [0.4, 0.5) is 0 Å². The number of nitrogens with one attached hydrogen (secondary N) is 1. The van der Waals surface area contributed by atoms with Crippen molar-refractivity contribution in [1.29, 1.82) is 0 Å². The molecule has 3 N–H and O–H groups in total. The summed E-state index contributed by atoms with van der Waals surface area (Å²) in [4.78, 5) is 14.2. The Morgan fingerprint density at radius 3 is 2.14 bits per heavy atom. The predicted octanol–water partition coefficient (Wildman–Crippen LogP) is 0.0472. The van der Waals surface area contributed by atoms with Crippen LogP contribution < -0.4 is 10.5 Å². The SMILES string of the molecule is Cl.NS(=O)(=O)c1ccc(C(=O)N2C[C@H]3CNC[C@H]3C2)cc1. The van der Waals surface area contributed by atoms with E-state index < -0.39 is 10.0 Å². The Hall–Kier alpha value is -1.15. The maximum atomic E-state index is 12.4. The van der Waals surface area contributed by atoms with Crippen molar-refractivity contribution in [2.45, 2.75) is 4.90 Å². The van der Waals surface area contributed by atoms with Crippen molar-refractivity contribution in [3.8, 4) is 0 Å². The summed E-state index contributed by atoms with van der Waals surface area (Å²) in [5.74, 6) is 1.05. The first-order valence-electron chi connectivity index (χ1n) is 6.58. The molecular formula is C13H18ClN3O3S. The van der Waals surface area contributed by atoms with Crippen LogP contribution in [0.15, 0.2) is 29.2 Å². The zero-order valence-electron chi connectivity index (χ0n) is 11.4. The van der Waals surface area contributed by atoms with E-state index in [0.29, 0.717) is 17.4 Å². The molecule has 0 unspecified atom stereocenters. The van der Waals surface area contributed by atoms with Gasteiger partial charge in [-0.1, -0.05) is 0 Å². The third-order valence-electron chi connectivity index (χ3n) is 4.11. The van der Waals surface area contributed by atoms with Crippen molar-refractivity contribution in [3.05, 3.63) is 29.8 Å². The fraction of sp³-hybridized carbons (Fsp3) is 0.462. The van der Waals surface area contributed by atoms with Crippen LogP contribution in [0.25, 0.3) is 0 Å². The minimum Gasteiger partial charge on any atom is -0.338 e. The van der Waals surface area contributed by atoms with Gasteiger partial charge in [0.05, 0.1) is 4.90 Å². The lowest BCUT2D eigenvalue weighted by Gasteiger charge is -2.17. The van der Waals surface area contributed by atoms with Gasteiger partial charge in [-0.15, -0.1) is 12.4 Å². The van der Waals surface area contributed by atoms with Gasteiger partial charge in [0.1, 0.15) is 0 Å². The van der Waals surface area contributed by atoms with Crippen LogP contribution in [0, 0.1) is 11.8 Å². The number of nitrogens with zero attached hydrogens (tertiary/aromatic N) is 1. The Labute approximate surface area is 130 Å². The quantitative estimate of drug-likeness (QED) is 0.800. The second-order valence-electron chi connectivity index (χ2n) is 5.46. The molecule has 1 aromatic carbocycles. The predicted molar refractivity (Wildman–Crippen MR) is 80.8 cm³/mol. The zero-order chi connectivity index (χ0) is 14.3. The number of fused-ring (bicyclic) bond motifs is 1. The Kier molecular flexibility index (Phi) is 4.57. The number of halogens is 1. The van der Waals surface area contributed by atoms with Gasteiger partial charge < -0.3 is 10.2 Å². The molecular weight excluding hydrogens is 314 g/mol. The molecule has 1 amide bonds. The smallest absolute Gasteiger partial charge is 0.253 e. The van der Waals surface area contributed by atoms with Crippen LogP contribution in [0.3, 0.4) is 0 Å². The van der Waals surface area contributed by atoms with E-state index in [1.165, 1.54) is 24.3 Å². The fourth-order valence-corrected chi connectivity index (χ4v) is 3.51. The molecule has 0 bridgehead atoms. The number of carbonyl (C=O) groups excluding carboxylic acids is 1. The van der Waals surface area contributed by atoms with E-state index in [9.17, 15) is 13.2 Å². The summed E-state index contributed by atoms with van der Waals surface area (Å²) < 4.78 is 22.4. The van der Waals surface area contributed by atoms with E-state index in [-0.39, 0.29) is 23.2 Å². The summed E-state index contributed by atoms with van der Waals surface area (Å²) in [7, 11) is -3.71. The molecule has 2 heterocycles. The first kappa shape index (κ1) is 16.2. The first-order valence-corrected chi connectivity index (χ1v) is 8.12.